The zero-order valence-electron chi connectivity index (χ0n) is 14.0. The molecule has 1 rings (SSSR count). The van der Waals surface area contributed by atoms with Crippen molar-refractivity contribution in [1.82, 2.24) is 10.6 Å². The van der Waals surface area contributed by atoms with E-state index >= 15 is 0 Å². The van der Waals surface area contributed by atoms with Crippen LogP contribution in [-0.4, -0.2) is 52.5 Å². The van der Waals surface area contributed by atoms with E-state index < -0.39 is 0 Å². The standard InChI is InChI=1S/C16H33N3O2/c1-4-16(8-6-7-9-16)14-19-15(17-5-2)18-10-11-21-13-12-20-3/h4-14H2,1-3H3,(H2,17,18,19). The number of hydrogen-bond donors (Lipinski definition) is 2. The third-order valence-electron chi connectivity index (χ3n) is 4.30. The summed E-state index contributed by atoms with van der Waals surface area (Å²) in [6, 6.07) is 0. The Kier molecular flexibility index (Phi) is 9.42. The number of hydrogen-bond acceptors (Lipinski definition) is 3. The van der Waals surface area contributed by atoms with Crippen LogP contribution in [0, 0.1) is 5.41 Å². The molecule has 0 atom stereocenters. The average molecular weight is 299 g/mol. The van der Waals surface area contributed by atoms with Gasteiger partial charge >= 0.3 is 0 Å². The third kappa shape index (κ3) is 7.14. The van der Waals surface area contributed by atoms with Crippen LogP contribution in [-0.2, 0) is 9.47 Å². The summed E-state index contributed by atoms with van der Waals surface area (Å²) < 4.78 is 10.4. The first-order valence-corrected chi connectivity index (χ1v) is 8.35. The Balaban J connectivity index is 2.32. The van der Waals surface area contributed by atoms with E-state index in [-0.39, 0.29) is 0 Å². The molecule has 0 amide bonds. The highest BCUT2D eigenvalue weighted by molar-refractivity contribution is 5.79. The van der Waals surface area contributed by atoms with Gasteiger partial charge in [-0.05, 0) is 31.6 Å². The topological polar surface area (TPSA) is 54.9 Å². The molecule has 0 bridgehead atoms. The maximum Gasteiger partial charge on any atom is 0.191 e. The number of aliphatic imine (C=N–C) groups is 1. The summed E-state index contributed by atoms with van der Waals surface area (Å²) in [5.74, 6) is 0.910. The van der Waals surface area contributed by atoms with Crippen molar-refractivity contribution in [3.63, 3.8) is 0 Å². The fraction of sp³-hybridized carbons (Fsp3) is 0.938. The summed E-state index contributed by atoms with van der Waals surface area (Å²) in [7, 11) is 1.68. The van der Waals surface area contributed by atoms with Gasteiger partial charge < -0.3 is 20.1 Å². The minimum absolute atomic E-state index is 0.442. The van der Waals surface area contributed by atoms with Gasteiger partial charge in [0.15, 0.2) is 5.96 Å². The lowest BCUT2D eigenvalue weighted by Gasteiger charge is -2.25. The molecule has 1 aliphatic carbocycles. The lowest BCUT2D eigenvalue weighted by Crippen LogP contribution is -2.40. The molecular formula is C16H33N3O2. The second-order valence-corrected chi connectivity index (χ2v) is 5.79. The number of rotatable bonds is 10. The van der Waals surface area contributed by atoms with Gasteiger partial charge in [0.05, 0.1) is 19.8 Å². The SMILES string of the molecule is CCNC(=NCC1(CC)CCCC1)NCCOCCOC. The first kappa shape index (κ1) is 18.2. The first-order chi connectivity index (χ1) is 10.3. The molecule has 0 radical (unpaired) electrons. The van der Waals surface area contributed by atoms with Gasteiger partial charge in [0.1, 0.15) is 0 Å². The summed E-state index contributed by atoms with van der Waals surface area (Å²) in [5.41, 5.74) is 0.442. The van der Waals surface area contributed by atoms with Gasteiger partial charge in [-0.1, -0.05) is 19.8 Å². The largest absolute Gasteiger partial charge is 0.382 e. The highest BCUT2D eigenvalue weighted by atomic mass is 16.5. The van der Waals surface area contributed by atoms with E-state index in [1.807, 2.05) is 0 Å². The number of methoxy groups -OCH3 is 1. The Morgan fingerprint density at radius 3 is 2.48 bits per heavy atom. The second kappa shape index (κ2) is 10.9. The van der Waals surface area contributed by atoms with Crippen LogP contribution in [0.5, 0.6) is 0 Å². The number of nitrogens with zero attached hydrogens (tertiary/aromatic N) is 1. The molecule has 1 fully saturated rings. The number of nitrogens with one attached hydrogen (secondary N) is 2. The monoisotopic (exact) mass is 299 g/mol. The van der Waals surface area contributed by atoms with Crippen molar-refractivity contribution in [2.45, 2.75) is 46.0 Å². The highest BCUT2D eigenvalue weighted by Gasteiger charge is 2.31. The van der Waals surface area contributed by atoms with Gasteiger partial charge in [-0.3, -0.25) is 4.99 Å². The molecule has 2 N–H and O–H groups in total. The van der Waals surface area contributed by atoms with Crippen molar-refractivity contribution in [2.24, 2.45) is 10.4 Å². The second-order valence-electron chi connectivity index (χ2n) is 5.79. The Bertz CT molecular complexity index is 289. The van der Waals surface area contributed by atoms with E-state index in [1.165, 1.54) is 32.1 Å². The van der Waals surface area contributed by atoms with E-state index in [4.69, 9.17) is 14.5 Å². The summed E-state index contributed by atoms with van der Waals surface area (Å²) >= 11 is 0. The average Bonchev–Trinajstić information content (AvgIpc) is 2.97. The molecule has 0 aromatic rings. The van der Waals surface area contributed by atoms with E-state index in [0.29, 0.717) is 25.2 Å². The highest BCUT2D eigenvalue weighted by Crippen LogP contribution is 2.41. The minimum atomic E-state index is 0.442. The fourth-order valence-corrected chi connectivity index (χ4v) is 2.82. The van der Waals surface area contributed by atoms with Crippen molar-refractivity contribution in [1.29, 1.82) is 0 Å². The van der Waals surface area contributed by atoms with E-state index in [9.17, 15) is 0 Å². The Hall–Kier alpha value is -0.810. The maximum atomic E-state index is 5.45. The van der Waals surface area contributed by atoms with Crippen LogP contribution in [0.15, 0.2) is 4.99 Å². The fourth-order valence-electron chi connectivity index (χ4n) is 2.82. The number of guanidine groups is 1. The molecule has 5 heteroatoms. The summed E-state index contributed by atoms with van der Waals surface area (Å²) in [6.45, 7) is 8.94. The minimum Gasteiger partial charge on any atom is -0.382 e. The molecule has 0 saturated heterocycles. The Morgan fingerprint density at radius 1 is 1.10 bits per heavy atom. The smallest absolute Gasteiger partial charge is 0.191 e. The van der Waals surface area contributed by atoms with Gasteiger partial charge in [0.2, 0.25) is 0 Å². The van der Waals surface area contributed by atoms with E-state index in [2.05, 4.69) is 24.5 Å². The van der Waals surface area contributed by atoms with Crippen LogP contribution in [0.1, 0.15) is 46.0 Å². The van der Waals surface area contributed by atoms with Crippen LogP contribution >= 0.6 is 0 Å². The quantitative estimate of drug-likeness (QED) is 0.369. The molecular weight excluding hydrogens is 266 g/mol. The molecule has 124 valence electrons. The first-order valence-electron chi connectivity index (χ1n) is 8.35. The normalized spacial score (nSPS) is 18.0. The van der Waals surface area contributed by atoms with E-state index in [1.54, 1.807) is 7.11 Å². The lowest BCUT2D eigenvalue weighted by atomic mass is 9.84. The zero-order chi connectivity index (χ0) is 15.4. The third-order valence-corrected chi connectivity index (χ3v) is 4.30. The van der Waals surface area contributed by atoms with Crippen LogP contribution in [0.2, 0.25) is 0 Å². The van der Waals surface area contributed by atoms with Gasteiger partial charge in [0, 0.05) is 26.7 Å². The molecule has 0 unspecified atom stereocenters. The van der Waals surface area contributed by atoms with Crippen molar-refractivity contribution in [2.75, 3.05) is 46.6 Å². The Morgan fingerprint density at radius 2 is 1.86 bits per heavy atom. The molecule has 1 saturated carbocycles. The predicted octanol–water partition coefficient (Wildman–Crippen LogP) is 2.17. The molecule has 0 heterocycles. The maximum absolute atomic E-state index is 5.45. The Labute approximate surface area is 129 Å². The molecule has 1 aliphatic rings. The van der Waals surface area contributed by atoms with E-state index in [0.717, 1.165) is 25.6 Å². The van der Waals surface area contributed by atoms with Gasteiger partial charge in [-0.15, -0.1) is 0 Å². The molecule has 0 aromatic carbocycles. The van der Waals surface area contributed by atoms with Crippen LogP contribution < -0.4 is 10.6 Å². The van der Waals surface area contributed by atoms with Crippen molar-refractivity contribution in [3.8, 4) is 0 Å². The zero-order valence-corrected chi connectivity index (χ0v) is 14.0. The summed E-state index contributed by atoms with van der Waals surface area (Å²) in [6.07, 6.45) is 6.61. The van der Waals surface area contributed by atoms with Gasteiger partial charge in [-0.2, -0.15) is 0 Å². The molecule has 5 nitrogen and oxygen atoms in total. The van der Waals surface area contributed by atoms with Crippen LogP contribution in [0.3, 0.4) is 0 Å². The van der Waals surface area contributed by atoms with Crippen molar-refractivity contribution >= 4 is 5.96 Å². The van der Waals surface area contributed by atoms with Gasteiger partial charge in [-0.25, -0.2) is 0 Å². The summed E-state index contributed by atoms with van der Waals surface area (Å²) in [5, 5.41) is 6.64. The summed E-state index contributed by atoms with van der Waals surface area (Å²) in [4.78, 5) is 4.79. The molecule has 0 spiro atoms. The molecule has 0 aromatic heterocycles. The lowest BCUT2D eigenvalue weighted by molar-refractivity contribution is 0.0733. The van der Waals surface area contributed by atoms with Crippen molar-refractivity contribution < 1.29 is 9.47 Å². The molecule has 21 heavy (non-hydrogen) atoms. The number of ether oxygens (including phenoxy) is 2. The molecule has 0 aliphatic heterocycles. The van der Waals surface area contributed by atoms with Gasteiger partial charge in [0.25, 0.3) is 0 Å². The predicted molar refractivity (Wildman–Crippen MR) is 87.9 cm³/mol. The van der Waals surface area contributed by atoms with Crippen LogP contribution in [0.4, 0.5) is 0 Å². The van der Waals surface area contributed by atoms with Crippen LogP contribution in [0.25, 0.3) is 0 Å². The van der Waals surface area contributed by atoms with Crippen molar-refractivity contribution in [3.05, 3.63) is 0 Å².